The summed E-state index contributed by atoms with van der Waals surface area (Å²) in [7, 11) is 0. The summed E-state index contributed by atoms with van der Waals surface area (Å²) >= 11 is 0. The average molecular weight is 409 g/mol. The Morgan fingerprint density at radius 1 is 1.30 bits per heavy atom. The lowest BCUT2D eigenvalue weighted by molar-refractivity contribution is 0.0973. The molecule has 154 valence electrons. The van der Waals surface area contributed by atoms with Crippen molar-refractivity contribution in [1.29, 1.82) is 0 Å². The molecule has 0 bridgehead atoms. The number of hydrogen-bond acceptors (Lipinski definition) is 6. The highest BCUT2D eigenvalue weighted by molar-refractivity contribution is 5.83. The van der Waals surface area contributed by atoms with Gasteiger partial charge in [-0.3, -0.25) is 9.20 Å². The number of halogens is 1. The van der Waals surface area contributed by atoms with Crippen molar-refractivity contribution in [1.82, 2.24) is 24.1 Å². The first-order chi connectivity index (χ1) is 14.5. The van der Waals surface area contributed by atoms with E-state index in [9.17, 15) is 9.18 Å². The van der Waals surface area contributed by atoms with E-state index in [0.717, 1.165) is 25.7 Å². The Morgan fingerprint density at radius 2 is 2.17 bits per heavy atom. The predicted molar refractivity (Wildman–Crippen MR) is 106 cm³/mol. The van der Waals surface area contributed by atoms with Crippen molar-refractivity contribution in [3.8, 4) is 11.5 Å². The maximum atomic E-state index is 14.0. The molecule has 1 aromatic carbocycles. The van der Waals surface area contributed by atoms with Crippen molar-refractivity contribution in [2.45, 2.75) is 50.7 Å². The van der Waals surface area contributed by atoms with E-state index >= 15 is 0 Å². The van der Waals surface area contributed by atoms with Gasteiger partial charge < -0.3 is 13.8 Å². The van der Waals surface area contributed by atoms with Gasteiger partial charge in [-0.15, -0.1) is 0 Å². The van der Waals surface area contributed by atoms with Gasteiger partial charge in [-0.25, -0.2) is 9.37 Å². The summed E-state index contributed by atoms with van der Waals surface area (Å²) in [5.41, 5.74) is 1.55. The van der Waals surface area contributed by atoms with Crippen LogP contribution < -0.4 is 5.56 Å². The number of ether oxygens (including phenoxy) is 1. The lowest BCUT2D eigenvalue weighted by Crippen LogP contribution is -2.28. The number of benzene rings is 1. The summed E-state index contributed by atoms with van der Waals surface area (Å²) in [6, 6.07) is 4.41. The van der Waals surface area contributed by atoms with Gasteiger partial charge in [-0.1, -0.05) is 12.1 Å². The lowest BCUT2D eigenvalue weighted by Gasteiger charge is -2.16. The largest absolute Gasteiger partial charge is 0.376 e. The molecule has 1 aliphatic heterocycles. The first kappa shape index (κ1) is 17.8. The Balaban J connectivity index is 1.58. The molecule has 1 saturated carbocycles. The van der Waals surface area contributed by atoms with Crippen LogP contribution in [0.2, 0.25) is 0 Å². The highest BCUT2D eigenvalue weighted by Gasteiger charge is 2.44. The number of hydrogen-bond donors (Lipinski definition) is 0. The van der Waals surface area contributed by atoms with Gasteiger partial charge in [0.2, 0.25) is 11.7 Å². The van der Waals surface area contributed by atoms with Crippen LogP contribution in [0.3, 0.4) is 0 Å². The summed E-state index contributed by atoms with van der Waals surface area (Å²) < 4.78 is 28.5. The van der Waals surface area contributed by atoms with Gasteiger partial charge in [0.1, 0.15) is 23.4 Å². The molecule has 1 unspecified atom stereocenters. The smallest absolute Gasteiger partial charge is 0.277 e. The van der Waals surface area contributed by atoms with Crippen LogP contribution in [0.15, 0.2) is 33.8 Å². The SMILES string of the molecule is CC1(c2nc(-c3ncn4c3c(=O)n(CC3CCCO3)c3cc(F)ccc34)no2)CC1. The Labute approximate surface area is 170 Å². The van der Waals surface area contributed by atoms with Gasteiger partial charge in [0, 0.05) is 12.0 Å². The first-order valence-corrected chi connectivity index (χ1v) is 10.2. The molecule has 2 fully saturated rings. The Bertz CT molecular complexity index is 1340. The fraction of sp³-hybridized carbons (Fsp3) is 0.429. The molecule has 9 heteroatoms. The van der Waals surface area contributed by atoms with Crippen LogP contribution in [0.4, 0.5) is 4.39 Å². The molecular weight excluding hydrogens is 389 g/mol. The van der Waals surface area contributed by atoms with E-state index in [1.165, 1.54) is 12.1 Å². The minimum absolute atomic E-state index is 0.0745. The number of aromatic nitrogens is 5. The number of nitrogens with zero attached hydrogens (tertiary/aromatic N) is 5. The second-order valence-electron chi connectivity index (χ2n) is 8.48. The van der Waals surface area contributed by atoms with E-state index in [-0.39, 0.29) is 17.1 Å². The molecule has 0 radical (unpaired) electrons. The van der Waals surface area contributed by atoms with Gasteiger partial charge in [0.25, 0.3) is 5.56 Å². The molecule has 30 heavy (non-hydrogen) atoms. The van der Waals surface area contributed by atoms with Crippen LogP contribution >= 0.6 is 0 Å². The van der Waals surface area contributed by atoms with E-state index in [1.807, 2.05) is 0 Å². The Hall–Kier alpha value is -3.07. The van der Waals surface area contributed by atoms with Crippen LogP contribution in [-0.4, -0.2) is 36.8 Å². The number of fused-ring (bicyclic) bond motifs is 3. The zero-order valence-corrected chi connectivity index (χ0v) is 16.5. The van der Waals surface area contributed by atoms with Crippen molar-refractivity contribution >= 4 is 16.6 Å². The summed E-state index contributed by atoms with van der Waals surface area (Å²) in [6.45, 7) is 3.11. The molecule has 1 atom stereocenters. The molecule has 4 heterocycles. The topological polar surface area (TPSA) is 87.5 Å². The third-order valence-corrected chi connectivity index (χ3v) is 6.27. The fourth-order valence-corrected chi connectivity index (χ4v) is 4.19. The first-order valence-electron chi connectivity index (χ1n) is 10.2. The zero-order chi connectivity index (χ0) is 20.5. The zero-order valence-electron chi connectivity index (χ0n) is 16.5. The second-order valence-corrected chi connectivity index (χ2v) is 8.48. The molecule has 4 aromatic rings. The molecule has 0 spiro atoms. The molecule has 0 N–H and O–H groups in total. The third kappa shape index (κ3) is 2.61. The Morgan fingerprint density at radius 3 is 2.93 bits per heavy atom. The van der Waals surface area contributed by atoms with Crippen LogP contribution in [0.25, 0.3) is 28.1 Å². The van der Waals surface area contributed by atoms with Crippen molar-refractivity contribution in [3.63, 3.8) is 0 Å². The highest BCUT2D eigenvalue weighted by Crippen LogP contribution is 2.47. The maximum Gasteiger partial charge on any atom is 0.277 e. The van der Waals surface area contributed by atoms with E-state index in [4.69, 9.17) is 9.26 Å². The average Bonchev–Trinajstić information content (AvgIpc) is 3.21. The number of imidazole rings is 1. The standard InChI is InChI=1S/C21H20FN5O3/c1-21(6-7-21)20-24-18(25-30-20)16-17-19(28)26(10-13-3-2-8-29-13)15-9-12(22)4-5-14(15)27(17)11-23-16/h4-5,9,11,13H,2-3,6-8,10H2,1H3. The quantitative estimate of drug-likeness (QED) is 0.515. The minimum atomic E-state index is -0.400. The van der Waals surface area contributed by atoms with Crippen molar-refractivity contribution < 1.29 is 13.7 Å². The summed E-state index contributed by atoms with van der Waals surface area (Å²) in [5.74, 6) is 0.465. The van der Waals surface area contributed by atoms with E-state index in [0.29, 0.717) is 47.1 Å². The molecule has 1 aliphatic carbocycles. The summed E-state index contributed by atoms with van der Waals surface area (Å²) in [6.07, 6.45) is 5.31. The van der Waals surface area contributed by atoms with Crippen molar-refractivity contribution in [2.24, 2.45) is 0 Å². The summed E-state index contributed by atoms with van der Waals surface area (Å²) in [5, 5.41) is 4.09. The van der Waals surface area contributed by atoms with E-state index < -0.39 is 5.82 Å². The highest BCUT2D eigenvalue weighted by atomic mass is 19.1. The molecule has 0 amide bonds. The monoisotopic (exact) mass is 409 g/mol. The number of rotatable bonds is 4. The van der Waals surface area contributed by atoms with Gasteiger partial charge >= 0.3 is 0 Å². The molecular formula is C21H20FN5O3. The lowest BCUT2D eigenvalue weighted by atomic mass is 10.1. The third-order valence-electron chi connectivity index (χ3n) is 6.27. The van der Waals surface area contributed by atoms with Gasteiger partial charge in [0.15, 0.2) is 0 Å². The molecule has 8 nitrogen and oxygen atoms in total. The maximum absolute atomic E-state index is 14.0. The van der Waals surface area contributed by atoms with Crippen LogP contribution in [0.5, 0.6) is 0 Å². The van der Waals surface area contributed by atoms with Crippen LogP contribution in [0.1, 0.15) is 38.5 Å². The fourth-order valence-electron chi connectivity index (χ4n) is 4.19. The predicted octanol–water partition coefficient (Wildman–Crippen LogP) is 3.07. The van der Waals surface area contributed by atoms with E-state index in [2.05, 4.69) is 22.0 Å². The molecule has 6 rings (SSSR count). The summed E-state index contributed by atoms with van der Waals surface area (Å²) in [4.78, 5) is 22.5. The molecule has 2 aliphatic rings. The van der Waals surface area contributed by atoms with Gasteiger partial charge in [-0.05, 0) is 43.9 Å². The molecule has 1 saturated heterocycles. The van der Waals surface area contributed by atoms with Gasteiger partial charge in [0.05, 0.1) is 23.7 Å². The van der Waals surface area contributed by atoms with E-state index in [1.54, 1.807) is 21.4 Å². The van der Waals surface area contributed by atoms with Gasteiger partial charge in [-0.2, -0.15) is 4.98 Å². The minimum Gasteiger partial charge on any atom is -0.376 e. The van der Waals surface area contributed by atoms with Crippen molar-refractivity contribution in [2.75, 3.05) is 6.61 Å². The van der Waals surface area contributed by atoms with Crippen LogP contribution in [0, 0.1) is 5.82 Å². The molecule has 3 aromatic heterocycles. The Kier molecular flexibility index (Phi) is 3.68. The normalized spacial score (nSPS) is 20.4. The second kappa shape index (κ2) is 6.21. The van der Waals surface area contributed by atoms with Crippen LogP contribution in [-0.2, 0) is 16.7 Å². The van der Waals surface area contributed by atoms with Crippen molar-refractivity contribution in [3.05, 3.63) is 46.6 Å².